The third-order valence-electron chi connectivity index (χ3n) is 5.55. The highest BCUT2D eigenvalue weighted by molar-refractivity contribution is 4.98. The third-order valence-corrected chi connectivity index (χ3v) is 5.55. The molecule has 1 aliphatic rings. The molecule has 2 unspecified atom stereocenters. The van der Waals surface area contributed by atoms with E-state index in [9.17, 15) is 0 Å². The lowest BCUT2D eigenvalue weighted by molar-refractivity contribution is 0.412. The summed E-state index contributed by atoms with van der Waals surface area (Å²) < 4.78 is 0. The SMILES string of the molecule is CCCCCCCCCCCCC1(C)CC1CCCC. The summed E-state index contributed by atoms with van der Waals surface area (Å²) in [4.78, 5) is 0. The third kappa shape index (κ3) is 7.70. The average molecular weight is 281 g/mol. The molecule has 2 atom stereocenters. The molecule has 0 aromatic heterocycles. The van der Waals surface area contributed by atoms with Crippen LogP contribution in [0.3, 0.4) is 0 Å². The van der Waals surface area contributed by atoms with Crippen molar-refractivity contribution in [3.8, 4) is 0 Å². The van der Waals surface area contributed by atoms with Crippen LogP contribution in [0.15, 0.2) is 0 Å². The molecule has 0 spiro atoms. The fraction of sp³-hybridized carbons (Fsp3) is 1.00. The van der Waals surface area contributed by atoms with Gasteiger partial charge in [0.1, 0.15) is 0 Å². The molecular weight excluding hydrogens is 240 g/mol. The van der Waals surface area contributed by atoms with E-state index in [1.165, 1.54) is 96.3 Å². The predicted octanol–water partition coefficient (Wildman–Crippen LogP) is 7.51. The lowest BCUT2D eigenvalue weighted by atomic mass is 9.95. The van der Waals surface area contributed by atoms with Gasteiger partial charge in [0.15, 0.2) is 0 Å². The Morgan fingerprint density at radius 1 is 0.700 bits per heavy atom. The van der Waals surface area contributed by atoms with Crippen LogP contribution in [-0.4, -0.2) is 0 Å². The van der Waals surface area contributed by atoms with Crippen LogP contribution in [0.1, 0.15) is 117 Å². The van der Waals surface area contributed by atoms with Gasteiger partial charge in [0.2, 0.25) is 0 Å². The van der Waals surface area contributed by atoms with E-state index in [0.717, 1.165) is 11.3 Å². The van der Waals surface area contributed by atoms with Crippen LogP contribution >= 0.6 is 0 Å². The van der Waals surface area contributed by atoms with Crippen molar-refractivity contribution in [2.45, 2.75) is 117 Å². The molecule has 0 heterocycles. The van der Waals surface area contributed by atoms with Gasteiger partial charge in [0, 0.05) is 0 Å². The fourth-order valence-corrected chi connectivity index (χ4v) is 3.73. The Hall–Kier alpha value is 0. The normalized spacial score (nSPS) is 25.1. The maximum absolute atomic E-state index is 2.54. The summed E-state index contributed by atoms with van der Waals surface area (Å²) >= 11 is 0. The van der Waals surface area contributed by atoms with Crippen molar-refractivity contribution < 1.29 is 0 Å². The van der Waals surface area contributed by atoms with Gasteiger partial charge in [0.05, 0.1) is 0 Å². The first kappa shape index (κ1) is 18.1. The quantitative estimate of drug-likeness (QED) is 0.289. The zero-order valence-electron chi connectivity index (χ0n) is 14.7. The van der Waals surface area contributed by atoms with Crippen LogP contribution in [0.5, 0.6) is 0 Å². The van der Waals surface area contributed by atoms with Gasteiger partial charge in [-0.1, -0.05) is 97.8 Å². The Kier molecular flexibility index (Phi) is 9.65. The van der Waals surface area contributed by atoms with E-state index in [-0.39, 0.29) is 0 Å². The summed E-state index contributed by atoms with van der Waals surface area (Å²) in [6.45, 7) is 7.16. The molecule has 20 heavy (non-hydrogen) atoms. The van der Waals surface area contributed by atoms with E-state index in [0.29, 0.717) is 0 Å². The standard InChI is InChI=1S/C20H40/c1-4-6-8-9-10-11-12-13-14-15-17-20(3)18-19(20)16-7-5-2/h19H,4-18H2,1-3H3. The molecule has 0 aromatic carbocycles. The van der Waals surface area contributed by atoms with E-state index in [4.69, 9.17) is 0 Å². The zero-order chi connectivity index (χ0) is 14.7. The molecule has 1 fully saturated rings. The van der Waals surface area contributed by atoms with E-state index >= 15 is 0 Å². The molecule has 0 bridgehead atoms. The van der Waals surface area contributed by atoms with Gasteiger partial charge in [-0.25, -0.2) is 0 Å². The van der Waals surface area contributed by atoms with Gasteiger partial charge >= 0.3 is 0 Å². The van der Waals surface area contributed by atoms with Crippen molar-refractivity contribution in [2.24, 2.45) is 11.3 Å². The van der Waals surface area contributed by atoms with Crippen molar-refractivity contribution in [1.29, 1.82) is 0 Å². The van der Waals surface area contributed by atoms with E-state index < -0.39 is 0 Å². The van der Waals surface area contributed by atoms with Crippen LogP contribution in [-0.2, 0) is 0 Å². The van der Waals surface area contributed by atoms with Crippen molar-refractivity contribution in [2.75, 3.05) is 0 Å². The topological polar surface area (TPSA) is 0 Å². The maximum atomic E-state index is 2.54. The van der Waals surface area contributed by atoms with E-state index in [1.54, 1.807) is 0 Å². The lowest BCUT2D eigenvalue weighted by Gasteiger charge is -2.11. The fourth-order valence-electron chi connectivity index (χ4n) is 3.73. The Morgan fingerprint density at radius 3 is 1.75 bits per heavy atom. The second-order valence-corrected chi connectivity index (χ2v) is 7.63. The van der Waals surface area contributed by atoms with Crippen molar-refractivity contribution >= 4 is 0 Å². The Bertz CT molecular complexity index is 220. The van der Waals surface area contributed by atoms with Gasteiger partial charge in [0.25, 0.3) is 0 Å². The second-order valence-electron chi connectivity index (χ2n) is 7.63. The number of rotatable bonds is 14. The lowest BCUT2D eigenvalue weighted by Crippen LogP contribution is -1.98. The molecule has 0 heteroatoms. The summed E-state index contributed by atoms with van der Waals surface area (Å²) in [5, 5.41) is 0. The van der Waals surface area contributed by atoms with Crippen LogP contribution in [0.4, 0.5) is 0 Å². The van der Waals surface area contributed by atoms with E-state index in [2.05, 4.69) is 20.8 Å². The van der Waals surface area contributed by atoms with Crippen LogP contribution < -0.4 is 0 Å². The van der Waals surface area contributed by atoms with Crippen molar-refractivity contribution in [3.63, 3.8) is 0 Å². The highest BCUT2D eigenvalue weighted by atomic mass is 14.5. The first-order valence-electron chi connectivity index (χ1n) is 9.73. The molecule has 0 amide bonds. The Balaban J connectivity index is 1.81. The molecule has 0 aromatic rings. The first-order valence-corrected chi connectivity index (χ1v) is 9.73. The molecule has 0 aliphatic heterocycles. The summed E-state index contributed by atoms with van der Waals surface area (Å²) in [6, 6.07) is 0. The number of hydrogen-bond acceptors (Lipinski definition) is 0. The summed E-state index contributed by atoms with van der Waals surface area (Å²) in [6.07, 6.45) is 22.1. The second kappa shape index (κ2) is 10.7. The number of hydrogen-bond donors (Lipinski definition) is 0. The molecule has 1 saturated carbocycles. The first-order chi connectivity index (χ1) is 9.73. The maximum Gasteiger partial charge on any atom is -0.0294 e. The smallest absolute Gasteiger partial charge is 0.0294 e. The molecule has 0 radical (unpaired) electrons. The van der Waals surface area contributed by atoms with Crippen LogP contribution in [0, 0.1) is 11.3 Å². The van der Waals surface area contributed by atoms with Gasteiger partial charge in [-0.15, -0.1) is 0 Å². The zero-order valence-corrected chi connectivity index (χ0v) is 14.7. The Morgan fingerprint density at radius 2 is 1.20 bits per heavy atom. The van der Waals surface area contributed by atoms with E-state index in [1.807, 2.05) is 0 Å². The summed E-state index contributed by atoms with van der Waals surface area (Å²) in [7, 11) is 0. The summed E-state index contributed by atoms with van der Waals surface area (Å²) in [5.41, 5.74) is 0.759. The number of unbranched alkanes of at least 4 members (excludes halogenated alkanes) is 10. The molecule has 1 rings (SSSR count). The highest BCUT2D eigenvalue weighted by Gasteiger charge is 2.47. The molecule has 0 nitrogen and oxygen atoms in total. The Labute approximate surface area is 129 Å². The molecular formula is C20H40. The highest BCUT2D eigenvalue weighted by Crippen LogP contribution is 2.58. The predicted molar refractivity (Wildman–Crippen MR) is 92.2 cm³/mol. The van der Waals surface area contributed by atoms with Gasteiger partial charge < -0.3 is 0 Å². The molecule has 120 valence electrons. The van der Waals surface area contributed by atoms with Crippen molar-refractivity contribution in [1.82, 2.24) is 0 Å². The largest absolute Gasteiger partial charge is 0.0654 e. The molecule has 0 N–H and O–H groups in total. The monoisotopic (exact) mass is 280 g/mol. The summed E-state index contributed by atoms with van der Waals surface area (Å²) in [5.74, 6) is 1.08. The average Bonchev–Trinajstić information content (AvgIpc) is 3.09. The van der Waals surface area contributed by atoms with Gasteiger partial charge in [-0.2, -0.15) is 0 Å². The minimum absolute atomic E-state index is 0.759. The molecule has 1 aliphatic carbocycles. The van der Waals surface area contributed by atoms with Crippen molar-refractivity contribution in [3.05, 3.63) is 0 Å². The molecule has 0 saturated heterocycles. The van der Waals surface area contributed by atoms with Gasteiger partial charge in [-0.05, 0) is 30.6 Å². The minimum atomic E-state index is 0.759. The minimum Gasteiger partial charge on any atom is -0.0654 e. The van der Waals surface area contributed by atoms with Crippen LogP contribution in [0.25, 0.3) is 0 Å². The van der Waals surface area contributed by atoms with Gasteiger partial charge in [-0.3, -0.25) is 0 Å². The van der Waals surface area contributed by atoms with Crippen LogP contribution in [0.2, 0.25) is 0 Å².